The molecule has 5 nitrogen and oxygen atoms in total. The second kappa shape index (κ2) is 7.62. The number of benzene rings is 1. The number of likely N-dealkylation sites (tertiary alicyclic amines) is 1. The van der Waals surface area contributed by atoms with Crippen molar-refractivity contribution in [2.75, 3.05) is 26.2 Å². The Morgan fingerprint density at radius 3 is 2.67 bits per heavy atom. The van der Waals surface area contributed by atoms with Crippen molar-refractivity contribution >= 4 is 5.91 Å². The summed E-state index contributed by atoms with van der Waals surface area (Å²) in [5.41, 5.74) is 2.17. The zero-order chi connectivity index (χ0) is 16.9. The predicted molar refractivity (Wildman–Crippen MR) is 93.8 cm³/mol. The van der Waals surface area contributed by atoms with E-state index in [0.717, 1.165) is 44.6 Å². The summed E-state index contributed by atoms with van der Waals surface area (Å²) in [7, 11) is 0. The first-order valence-electron chi connectivity index (χ1n) is 8.72. The molecule has 5 heteroatoms. The normalized spacial score (nSPS) is 15.7. The van der Waals surface area contributed by atoms with Gasteiger partial charge in [0.15, 0.2) is 0 Å². The average molecular weight is 327 g/mol. The van der Waals surface area contributed by atoms with Crippen molar-refractivity contribution in [1.82, 2.24) is 15.4 Å². The maximum absolute atomic E-state index is 13.0. The van der Waals surface area contributed by atoms with Crippen LogP contribution in [0.2, 0.25) is 0 Å². The molecule has 1 aromatic heterocycles. The van der Waals surface area contributed by atoms with Crippen LogP contribution in [0.4, 0.5) is 0 Å². The molecule has 1 aliphatic heterocycles. The van der Waals surface area contributed by atoms with Crippen LogP contribution in [0.3, 0.4) is 0 Å². The third-order valence-corrected chi connectivity index (χ3v) is 4.71. The molecule has 0 aliphatic carbocycles. The van der Waals surface area contributed by atoms with E-state index in [4.69, 9.17) is 4.52 Å². The summed E-state index contributed by atoms with van der Waals surface area (Å²) >= 11 is 0. The minimum absolute atomic E-state index is 0.0366. The monoisotopic (exact) mass is 327 g/mol. The number of nitrogens with zero attached hydrogens (tertiary/aromatic N) is 2. The second-order valence-electron chi connectivity index (χ2n) is 6.37. The largest absolute Gasteiger partial charge is 0.360 e. The van der Waals surface area contributed by atoms with Crippen molar-refractivity contribution in [2.45, 2.75) is 26.7 Å². The number of hydrogen-bond donors (Lipinski definition) is 1. The lowest BCUT2D eigenvalue weighted by atomic mass is 9.95. The smallest absolute Gasteiger partial charge is 0.259 e. The molecule has 128 valence electrons. The molecule has 1 N–H and O–H groups in total. The molecule has 24 heavy (non-hydrogen) atoms. The maximum Gasteiger partial charge on any atom is 0.259 e. The van der Waals surface area contributed by atoms with Gasteiger partial charge in [0.1, 0.15) is 17.0 Å². The lowest BCUT2D eigenvalue weighted by Crippen LogP contribution is -2.41. The number of carbonyl (C=O) groups excluding carboxylic acids is 1. The Labute approximate surface area is 143 Å². The Hall–Kier alpha value is -2.14. The molecule has 0 saturated carbocycles. The van der Waals surface area contributed by atoms with E-state index in [9.17, 15) is 4.79 Å². The molecule has 1 aliphatic rings. The zero-order valence-corrected chi connectivity index (χ0v) is 14.4. The Morgan fingerprint density at radius 2 is 2.00 bits per heavy atom. The number of hydrogen-bond acceptors (Lipinski definition) is 4. The van der Waals surface area contributed by atoms with Gasteiger partial charge in [-0.2, -0.15) is 0 Å². The van der Waals surface area contributed by atoms with Crippen LogP contribution in [0, 0.1) is 12.8 Å². The third kappa shape index (κ3) is 3.51. The van der Waals surface area contributed by atoms with Crippen molar-refractivity contribution in [2.24, 2.45) is 5.92 Å². The van der Waals surface area contributed by atoms with Gasteiger partial charge in [-0.05, 0) is 38.8 Å². The summed E-state index contributed by atoms with van der Waals surface area (Å²) in [5.74, 6) is 1.29. The summed E-state index contributed by atoms with van der Waals surface area (Å²) in [6.07, 6.45) is 2.09. The fourth-order valence-corrected chi connectivity index (χ4v) is 3.26. The fraction of sp³-hybridized carbons (Fsp3) is 0.474. The molecular formula is C19H25N3O2. The first-order chi connectivity index (χ1) is 11.7. The number of rotatable bonds is 5. The van der Waals surface area contributed by atoms with Gasteiger partial charge in [-0.25, -0.2) is 0 Å². The van der Waals surface area contributed by atoms with Crippen molar-refractivity contribution in [1.29, 1.82) is 0 Å². The van der Waals surface area contributed by atoms with E-state index in [2.05, 4.69) is 17.4 Å². The summed E-state index contributed by atoms with van der Waals surface area (Å²) in [6.45, 7) is 7.57. The van der Waals surface area contributed by atoms with E-state index in [1.807, 2.05) is 42.2 Å². The first-order valence-corrected chi connectivity index (χ1v) is 8.72. The molecule has 2 heterocycles. The average Bonchev–Trinajstić information content (AvgIpc) is 3.02. The third-order valence-electron chi connectivity index (χ3n) is 4.71. The van der Waals surface area contributed by atoms with Gasteiger partial charge >= 0.3 is 0 Å². The minimum atomic E-state index is 0.0366. The molecule has 0 unspecified atom stereocenters. The summed E-state index contributed by atoms with van der Waals surface area (Å²) < 4.78 is 5.33. The molecule has 0 spiro atoms. The van der Waals surface area contributed by atoms with Crippen molar-refractivity contribution < 1.29 is 9.32 Å². The van der Waals surface area contributed by atoms with Crippen molar-refractivity contribution in [3.8, 4) is 11.3 Å². The highest BCUT2D eigenvalue weighted by Crippen LogP contribution is 2.28. The predicted octanol–water partition coefficient (Wildman–Crippen LogP) is 3.11. The van der Waals surface area contributed by atoms with Crippen LogP contribution in [0.25, 0.3) is 11.3 Å². The molecule has 2 aromatic rings. The van der Waals surface area contributed by atoms with Crippen LogP contribution >= 0.6 is 0 Å². The second-order valence-corrected chi connectivity index (χ2v) is 6.37. The van der Waals surface area contributed by atoms with Crippen LogP contribution in [0.15, 0.2) is 34.9 Å². The van der Waals surface area contributed by atoms with E-state index >= 15 is 0 Å². The van der Waals surface area contributed by atoms with Crippen LogP contribution < -0.4 is 5.32 Å². The molecule has 1 aromatic carbocycles. The van der Waals surface area contributed by atoms with E-state index in [0.29, 0.717) is 22.9 Å². The van der Waals surface area contributed by atoms with E-state index in [-0.39, 0.29) is 5.91 Å². The fourth-order valence-electron chi connectivity index (χ4n) is 3.26. The first kappa shape index (κ1) is 16.7. The van der Waals surface area contributed by atoms with Gasteiger partial charge in [0.25, 0.3) is 5.91 Å². The highest BCUT2D eigenvalue weighted by Gasteiger charge is 2.29. The summed E-state index contributed by atoms with van der Waals surface area (Å²) in [5, 5.41) is 7.53. The molecule has 3 rings (SSSR count). The minimum Gasteiger partial charge on any atom is -0.360 e. The van der Waals surface area contributed by atoms with Crippen molar-refractivity contribution in [3.63, 3.8) is 0 Å². The lowest BCUT2D eigenvalue weighted by Gasteiger charge is -2.32. The van der Waals surface area contributed by atoms with Gasteiger partial charge in [0.05, 0.1) is 0 Å². The van der Waals surface area contributed by atoms with Crippen LogP contribution in [-0.4, -0.2) is 42.1 Å². The van der Waals surface area contributed by atoms with Gasteiger partial charge in [-0.1, -0.05) is 42.4 Å². The Morgan fingerprint density at radius 1 is 1.29 bits per heavy atom. The number of piperidine rings is 1. The van der Waals surface area contributed by atoms with Gasteiger partial charge in [-0.3, -0.25) is 4.79 Å². The van der Waals surface area contributed by atoms with E-state index in [1.54, 1.807) is 0 Å². The van der Waals surface area contributed by atoms with Gasteiger partial charge in [-0.15, -0.1) is 0 Å². The number of aryl methyl sites for hydroxylation is 1. The Bertz CT molecular complexity index is 673. The molecule has 1 amide bonds. The van der Waals surface area contributed by atoms with Crippen molar-refractivity contribution in [3.05, 3.63) is 41.7 Å². The molecular weight excluding hydrogens is 302 g/mol. The van der Waals surface area contributed by atoms with Crippen LogP contribution in [0.5, 0.6) is 0 Å². The van der Waals surface area contributed by atoms with Crippen LogP contribution in [-0.2, 0) is 0 Å². The molecule has 0 bridgehead atoms. The van der Waals surface area contributed by atoms with Crippen LogP contribution in [0.1, 0.15) is 35.9 Å². The standard InChI is InChI=1S/C19H25N3O2/c1-3-20-13-15-9-11-22(12-10-15)19(23)17-14(2)24-21-18(17)16-7-5-4-6-8-16/h4-8,15,20H,3,9-13H2,1-2H3. The van der Waals surface area contributed by atoms with E-state index in [1.165, 1.54) is 0 Å². The summed E-state index contributed by atoms with van der Waals surface area (Å²) in [4.78, 5) is 14.9. The quantitative estimate of drug-likeness (QED) is 0.917. The Balaban J connectivity index is 1.74. The zero-order valence-electron chi connectivity index (χ0n) is 14.4. The topological polar surface area (TPSA) is 58.4 Å². The van der Waals surface area contributed by atoms with E-state index < -0.39 is 0 Å². The van der Waals surface area contributed by atoms with Gasteiger partial charge in [0, 0.05) is 18.7 Å². The maximum atomic E-state index is 13.0. The summed E-state index contributed by atoms with van der Waals surface area (Å²) in [6, 6.07) is 9.75. The number of amides is 1. The van der Waals surface area contributed by atoms with Gasteiger partial charge < -0.3 is 14.7 Å². The number of aromatic nitrogens is 1. The van der Waals surface area contributed by atoms with Gasteiger partial charge in [0.2, 0.25) is 0 Å². The Kier molecular flexibility index (Phi) is 5.30. The highest BCUT2D eigenvalue weighted by atomic mass is 16.5. The highest BCUT2D eigenvalue weighted by molar-refractivity contribution is 6.00. The molecule has 1 saturated heterocycles. The number of carbonyl (C=O) groups is 1. The molecule has 0 atom stereocenters. The SMILES string of the molecule is CCNCC1CCN(C(=O)c2c(-c3ccccc3)noc2C)CC1. The molecule has 0 radical (unpaired) electrons. The molecule has 1 fully saturated rings. The lowest BCUT2D eigenvalue weighted by molar-refractivity contribution is 0.0689. The number of nitrogens with one attached hydrogen (secondary N) is 1.